The molecule has 1 aliphatic rings. The van der Waals surface area contributed by atoms with E-state index in [9.17, 15) is 9.59 Å². The van der Waals surface area contributed by atoms with Gasteiger partial charge in [-0.25, -0.2) is 0 Å². The predicted molar refractivity (Wildman–Crippen MR) is 76.9 cm³/mol. The normalized spacial score (nSPS) is 18.1. The second kappa shape index (κ2) is 6.55. The number of hydrogen-bond donors (Lipinski definition) is 1. The molecule has 20 heavy (non-hydrogen) atoms. The van der Waals surface area contributed by atoms with Crippen LogP contribution in [0.2, 0.25) is 0 Å². The summed E-state index contributed by atoms with van der Waals surface area (Å²) in [6.07, 6.45) is 2.09. The number of nitrogens with one attached hydrogen (secondary N) is 1. The van der Waals surface area contributed by atoms with Gasteiger partial charge in [-0.1, -0.05) is 26.0 Å². The van der Waals surface area contributed by atoms with E-state index >= 15 is 0 Å². The maximum Gasteiger partial charge on any atom is 0.223 e. The third kappa shape index (κ3) is 3.00. The number of para-hydroxylation sites is 1. The number of amides is 1. The highest BCUT2D eigenvalue weighted by atomic mass is 16.5. The van der Waals surface area contributed by atoms with Gasteiger partial charge in [0, 0.05) is 12.3 Å². The van der Waals surface area contributed by atoms with Crippen LogP contribution in [0.15, 0.2) is 24.3 Å². The lowest BCUT2D eigenvalue weighted by atomic mass is 9.99. The van der Waals surface area contributed by atoms with Crippen molar-refractivity contribution >= 4 is 11.7 Å². The van der Waals surface area contributed by atoms with Crippen molar-refractivity contribution in [3.8, 4) is 5.75 Å². The molecule has 4 nitrogen and oxygen atoms in total. The topological polar surface area (TPSA) is 55.4 Å². The minimum absolute atomic E-state index is 0.0257. The average Bonchev–Trinajstić information content (AvgIpc) is 2.61. The summed E-state index contributed by atoms with van der Waals surface area (Å²) in [5, 5.41) is 2.88. The van der Waals surface area contributed by atoms with Gasteiger partial charge in [0.25, 0.3) is 0 Å². The third-order valence-corrected chi connectivity index (χ3v) is 3.81. The van der Waals surface area contributed by atoms with Crippen molar-refractivity contribution in [1.29, 1.82) is 0 Å². The molecule has 1 atom stereocenters. The van der Waals surface area contributed by atoms with E-state index in [1.54, 1.807) is 12.1 Å². The molecule has 0 saturated heterocycles. The number of ketones is 1. The maximum absolute atomic E-state index is 12.5. The van der Waals surface area contributed by atoms with Crippen molar-refractivity contribution in [1.82, 2.24) is 5.32 Å². The van der Waals surface area contributed by atoms with E-state index in [1.807, 2.05) is 26.0 Å². The van der Waals surface area contributed by atoms with Gasteiger partial charge in [0.1, 0.15) is 5.75 Å². The summed E-state index contributed by atoms with van der Waals surface area (Å²) in [4.78, 5) is 24.6. The van der Waals surface area contributed by atoms with E-state index in [2.05, 4.69) is 5.32 Å². The molecule has 1 aliphatic heterocycles. The molecule has 1 aromatic carbocycles. The molecule has 0 bridgehead atoms. The Kier molecular flexibility index (Phi) is 4.77. The molecule has 2 rings (SSSR count). The highest BCUT2D eigenvalue weighted by Crippen LogP contribution is 2.24. The highest BCUT2D eigenvalue weighted by molar-refractivity contribution is 6.04. The van der Waals surface area contributed by atoms with Crippen LogP contribution in [0.3, 0.4) is 0 Å². The minimum atomic E-state index is -0.480. The van der Waals surface area contributed by atoms with Crippen LogP contribution >= 0.6 is 0 Å². The smallest absolute Gasteiger partial charge is 0.223 e. The fourth-order valence-corrected chi connectivity index (χ4v) is 2.49. The Balaban J connectivity index is 2.14. The van der Waals surface area contributed by atoms with E-state index < -0.39 is 6.04 Å². The Hall–Kier alpha value is -1.84. The van der Waals surface area contributed by atoms with Crippen molar-refractivity contribution in [2.45, 2.75) is 39.2 Å². The van der Waals surface area contributed by atoms with E-state index in [-0.39, 0.29) is 17.6 Å². The summed E-state index contributed by atoms with van der Waals surface area (Å²) in [5.74, 6) is 0.490. The molecule has 1 heterocycles. The average molecular weight is 275 g/mol. The van der Waals surface area contributed by atoms with Gasteiger partial charge in [0.2, 0.25) is 5.91 Å². The molecular weight excluding hydrogens is 254 g/mol. The number of ether oxygens (including phenoxy) is 1. The Morgan fingerprint density at radius 3 is 2.75 bits per heavy atom. The lowest BCUT2D eigenvalue weighted by Crippen LogP contribution is -2.43. The molecule has 1 N–H and O–H groups in total. The number of rotatable bonds is 4. The predicted octanol–water partition coefficient (Wildman–Crippen LogP) is 2.57. The van der Waals surface area contributed by atoms with Crippen molar-refractivity contribution in [2.24, 2.45) is 5.92 Å². The standard InChI is InChI=1S/C16H21NO3/c1-3-11(4-2)16(19)17-13-9-10-20-14-8-6-5-7-12(14)15(13)18/h5-8,11,13H,3-4,9-10H2,1-2H3,(H,17,19). The summed E-state index contributed by atoms with van der Waals surface area (Å²) >= 11 is 0. The van der Waals surface area contributed by atoms with Gasteiger partial charge in [-0.3, -0.25) is 9.59 Å². The number of hydrogen-bond acceptors (Lipinski definition) is 3. The molecule has 4 heteroatoms. The molecule has 0 saturated carbocycles. The SMILES string of the molecule is CCC(CC)C(=O)NC1CCOc2ccccc2C1=O. The summed E-state index contributed by atoms with van der Waals surface area (Å²) in [6, 6.07) is 6.71. The van der Waals surface area contributed by atoms with Crippen LogP contribution < -0.4 is 10.1 Å². The van der Waals surface area contributed by atoms with Crippen LogP contribution in [0.5, 0.6) is 5.75 Å². The lowest BCUT2D eigenvalue weighted by Gasteiger charge is -2.18. The summed E-state index contributed by atoms with van der Waals surface area (Å²) in [7, 11) is 0. The molecule has 0 aliphatic carbocycles. The van der Waals surface area contributed by atoms with Crippen LogP contribution in [-0.4, -0.2) is 24.3 Å². The van der Waals surface area contributed by atoms with Crippen LogP contribution in [0.4, 0.5) is 0 Å². The Morgan fingerprint density at radius 1 is 1.35 bits per heavy atom. The van der Waals surface area contributed by atoms with E-state index in [1.165, 1.54) is 0 Å². The molecule has 1 amide bonds. The number of benzene rings is 1. The number of Topliss-reactive ketones (excluding diaryl/α,β-unsaturated/α-hetero) is 1. The van der Waals surface area contributed by atoms with E-state index in [0.717, 1.165) is 12.8 Å². The minimum Gasteiger partial charge on any atom is -0.493 e. The summed E-state index contributed by atoms with van der Waals surface area (Å²) in [6.45, 7) is 4.42. The number of fused-ring (bicyclic) bond motifs is 1. The molecular formula is C16H21NO3. The van der Waals surface area contributed by atoms with Gasteiger partial charge in [-0.2, -0.15) is 0 Å². The van der Waals surface area contributed by atoms with Gasteiger partial charge >= 0.3 is 0 Å². The highest BCUT2D eigenvalue weighted by Gasteiger charge is 2.28. The quantitative estimate of drug-likeness (QED) is 0.918. The zero-order chi connectivity index (χ0) is 14.5. The summed E-state index contributed by atoms with van der Waals surface area (Å²) in [5.41, 5.74) is 0.555. The van der Waals surface area contributed by atoms with Gasteiger partial charge in [0.15, 0.2) is 5.78 Å². The van der Waals surface area contributed by atoms with Gasteiger partial charge in [-0.15, -0.1) is 0 Å². The van der Waals surface area contributed by atoms with Crippen LogP contribution in [-0.2, 0) is 4.79 Å². The Labute approximate surface area is 119 Å². The zero-order valence-electron chi connectivity index (χ0n) is 12.0. The van der Waals surface area contributed by atoms with E-state index in [0.29, 0.717) is 24.3 Å². The first-order valence-corrected chi connectivity index (χ1v) is 7.23. The van der Waals surface area contributed by atoms with Gasteiger partial charge in [-0.05, 0) is 25.0 Å². The fraction of sp³-hybridized carbons (Fsp3) is 0.500. The lowest BCUT2D eigenvalue weighted by molar-refractivity contribution is -0.125. The molecule has 1 aromatic rings. The number of carbonyl (C=O) groups is 2. The zero-order valence-corrected chi connectivity index (χ0v) is 12.0. The first kappa shape index (κ1) is 14.6. The molecule has 0 spiro atoms. The van der Waals surface area contributed by atoms with E-state index in [4.69, 9.17) is 4.74 Å². The molecule has 0 fully saturated rings. The maximum atomic E-state index is 12.5. The molecule has 0 aromatic heterocycles. The summed E-state index contributed by atoms with van der Waals surface area (Å²) < 4.78 is 5.57. The van der Waals surface area contributed by atoms with Crippen molar-refractivity contribution in [2.75, 3.05) is 6.61 Å². The van der Waals surface area contributed by atoms with Gasteiger partial charge in [0.05, 0.1) is 18.2 Å². The number of carbonyl (C=O) groups excluding carboxylic acids is 2. The van der Waals surface area contributed by atoms with Crippen molar-refractivity contribution in [3.05, 3.63) is 29.8 Å². The van der Waals surface area contributed by atoms with Crippen molar-refractivity contribution in [3.63, 3.8) is 0 Å². The molecule has 1 unspecified atom stereocenters. The molecule has 108 valence electrons. The van der Waals surface area contributed by atoms with Crippen molar-refractivity contribution < 1.29 is 14.3 Å². The fourth-order valence-electron chi connectivity index (χ4n) is 2.49. The Morgan fingerprint density at radius 2 is 2.05 bits per heavy atom. The van der Waals surface area contributed by atoms with Gasteiger partial charge < -0.3 is 10.1 Å². The van der Waals surface area contributed by atoms with Crippen LogP contribution in [0.1, 0.15) is 43.5 Å². The third-order valence-electron chi connectivity index (χ3n) is 3.81. The van der Waals surface area contributed by atoms with Crippen LogP contribution in [0, 0.1) is 5.92 Å². The Bertz CT molecular complexity index is 494. The molecule has 0 radical (unpaired) electrons. The second-order valence-corrected chi connectivity index (χ2v) is 5.07. The van der Waals surface area contributed by atoms with Crippen LogP contribution in [0.25, 0.3) is 0 Å². The monoisotopic (exact) mass is 275 g/mol. The first-order valence-electron chi connectivity index (χ1n) is 7.23. The largest absolute Gasteiger partial charge is 0.493 e. The second-order valence-electron chi connectivity index (χ2n) is 5.07. The first-order chi connectivity index (χ1) is 9.67.